The number of nitrogens with zero attached hydrogens (tertiary/aromatic N) is 1. The maximum Gasteiger partial charge on any atom is 0.328 e. The normalized spacial score (nSPS) is 20.1. The summed E-state index contributed by atoms with van der Waals surface area (Å²) in [6.45, 7) is 14.7. The lowest BCUT2D eigenvalue weighted by Gasteiger charge is -2.32. The van der Waals surface area contributed by atoms with Crippen molar-refractivity contribution >= 4 is 12.2 Å². The molecule has 1 rings (SSSR count). The lowest BCUT2D eigenvalue weighted by molar-refractivity contribution is -0.139. The molecule has 0 aromatic heterocycles. The van der Waals surface area contributed by atoms with Gasteiger partial charge < -0.3 is 5.11 Å². The summed E-state index contributed by atoms with van der Waals surface area (Å²) >= 11 is 0. The maximum absolute atomic E-state index is 11.1. The van der Waals surface area contributed by atoms with Gasteiger partial charge in [-0.05, 0) is 68.6 Å². The molecule has 0 aliphatic heterocycles. The molecule has 0 aromatic rings. The molecule has 1 aliphatic rings. The Morgan fingerprint density at radius 1 is 1.14 bits per heavy atom. The standard InChI is InChI=1S/C25H37NO2/c1-18(2)23(24(27)28)26-17-15-20(4)11-8-10-19(3)13-14-22-21(5)12-9-16-25(22,6)7/h8,10-11,13-15,17-18,23H,9,12,16H2,1-7H3,(H,27,28)/b11-8+,14-13+,19-10+,20-15+,26-17?. The fourth-order valence-corrected chi connectivity index (χ4v) is 3.46. The summed E-state index contributed by atoms with van der Waals surface area (Å²) < 4.78 is 0. The van der Waals surface area contributed by atoms with E-state index in [1.165, 1.54) is 36.0 Å². The zero-order chi connectivity index (χ0) is 21.3. The zero-order valence-corrected chi connectivity index (χ0v) is 18.6. The summed E-state index contributed by atoms with van der Waals surface area (Å²) in [6, 6.07) is -0.692. The van der Waals surface area contributed by atoms with E-state index in [-0.39, 0.29) is 11.3 Å². The maximum atomic E-state index is 11.1. The number of aliphatic carboxylic acids is 1. The SMILES string of the molecule is CC1=C(/C=C/C(C)=C/C=C/C(C)=C/C=NC(C(=O)O)C(C)C)C(C)(C)CCC1. The van der Waals surface area contributed by atoms with Gasteiger partial charge in [0.15, 0.2) is 0 Å². The largest absolute Gasteiger partial charge is 0.480 e. The monoisotopic (exact) mass is 383 g/mol. The van der Waals surface area contributed by atoms with E-state index < -0.39 is 12.0 Å². The molecule has 0 fully saturated rings. The molecule has 28 heavy (non-hydrogen) atoms. The third-order valence-electron chi connectivity index (χ3n) is 5.24. The molecule has 0 saturated carbocycles. The lowest BCUT2D eigenvalue weighted by Crippen LogP contribution is -2.23. The van der Waals surface area contributed by atoms with Crippen LogP contribution >= 0.6 is 0 Å². The average molecular weight is 384 g/mol. The predicted octanol–water partition coefficient (Wildman–Crippen LogP) is 6.70. The highest BCUT2D eigenvalue weighted by Gasteiger charge is 2.26. The highest BCUT2D eigenvalue weighted by molar-refractivity contribution is 5.79. The topological polar surface area (TPSA) is 49.7 Å². The highest BCUT2D eigenvalue weighted by atomic mass is 16.4. The molecule has 1 aliphatic carbocycles. The van der Waals surface area contributed by atoms with Crippen molar-refractivity contribution in [1.29, 1.82) is 0 Å². The molecule has 0 radical (unpaired) electrons. The summed E-state index contributed by atoms with van der Waals surface area (Å²) in [5.74, 6) is -0.909. The lowest BCUT2D eigenvalue weighted by atomic mass is 9.72. The van der Waals surface area contributed by atoms with Gasteiger partial charge in [-0.2, -0.15) is 0 Å². The first-order valence-corrected chi connectivity index (χ1v) is 10.2. The van der Waals surface area contributed by atoms with E-state index in [1.807, 2.05) is 39.0 Å². The van der Waals surface area contributed by atoms with E-state index in [9.17, 15) is 4.79 Å². The molecule has 0 spiro atoms. The van der Waals surface area contributed by atoms with Gasteiger partial charge in [0.05, 0.1) is 0 Å². The van der Waals surface area contributed by atoms with E-state index in [0.717, 1.165) is 5.57 Å². The van der Waals surface area contributed by atoms with Crippen LogP contribution in [0.2, 0.25) is 0 Å². The molecule has 1 N–H and O–H groups in total. The van der Waals surface area contributed by atoms with E-state index in [2.05, 4.69) is 50.9 Å². The first-order valence-electron chi connectivity index (χ1n) is 10.2. The molecule has 0 bridgehead atoms. The van der Waals surface area contributed by atoms with Crippen LogP contribution in [0.4, 0.5) is 0 Å². The minimum Gasteiger partial charge on any atom is -0.480 e. The molecular weight excluding hydrogens is 346 g/mol. The fourth-order valence-electron chi connectivity index (χ4n) is 3.46. The molecule has 154 valence electrons. The smallest absolute Gasteiger partial charge is 0.328 e. The number of carboxylic acids is 1. The number of rotatable bonds is 8. The second-order valence-electron chi connectivity index (χ2n) is 8.77. The second kappa shape index (κ2) is 11.0. The first-order chi connectivity index (χ1) is 13.0. The summed E-state index contributed by atoms with van der Waals surface area (Å²) in [5.41, 5.74) is 5.47. The quantitative estimate of drug-likeness (QED) is 0.374. The molecular formula is C25H37NO2. The fraction of sp³-hybridized carbons (Fsp3) is 0.520. The van der Waals surface area contributed by atoms with Crippen molar-refractivity contribution in [2.45, 2.75) is 73.8 Å². The molecule has 0 heterocycles. The molecule has 3 heteroatoms. The van der Waals surface area contributed by atoms with Gasteiger partial charge in [0.2, 0.25) is 0 Å². The first kappa shape index (κ1) is 23.9. The Morgan fingerprint density at radius 2 is 1.79 bits per heavy atom. The van der Waals surface area contributed by atoms with E-state index in [1.54, 1.807) is 6.21 Å². The summed E-state index contributed by atoms with van der Waals surface area (Å²) in [6.07, 6.45) is 17.8. The Balaban J connectivity index is 2.74. The van der Waals surface area contributed by atoms with Crippen molar-refractivity contribution in [1.82, 2.24) is 0 Å². The zero-order valence-electron chi connectivity index (χ0n) is 18.6. The number of allylic oxidation sites excluding steroid dienone is 10. The third-order valence-corrected chi connectivity index (χ3v) is 5.24. The Kier molecular flexibility index (Phi) is 9.37. The van der Waals surface area contributed by atoms with Crippen LogP contribution in [0.25, 0.3) is 0 Å². The highest BCUT2D eigenvalue weighted by Crippen LogP contribution is 2.40. The van der Waals surface area contributed by atoms with Crippen LogP contribution in [-0.4, -0.2) is 23.3 Å². The molecule has 1 unspecified atom stereocenters. The van der Waals surface area contributed by atoms with Gasteiger partial charge in [-0.1, -0.05) is 69.2 Å². The van der Waals surface area contributed by atoms with Crippen molar-refractivity contribution in [2.24, 2.45) is 16.3 Å². The third kappa shape index (κ3) is 7.84. The van der Waals surface area contributed by atoms with Gasteiger partial charge in [-0.15, -0.1) is 0 Å². The van der Waals surface area contributed by atoms with Gasteiger partial charge in [0, 0.05) is 6.21 Å². The van der Waals surface area contributed by atoms with E-state index >= 15 is 0 Å². The van der Waals surface area contributed by atoms with Gasteiger partial charge in [0.1, 0.15) is 6.04 Å². The van der Waals surface area contributed by atoms with E-state index in [4.69, 9.17) is 5.11 Å². The van der Waals surface area contributed by atoms with Crippen LogP contribution in [0.1, 0.15) is 67.7 Å². The van der Waals surface area contributed by atoms with Crippen LogP contribution in [0.3, 0.4) is 0 Å². The van der Waals surface area contributed by atoms with Gasteiger partial charge in [-0.3, -0.25) is 4.99 Å². The van der Waals surface area contributed by atoms with E-state index in [0.29, 0.717) is 0 Å². The van der Waals surface area contributed by atoms with Crippen molar-refractivity contribution < 1.29 is 9.90 Å². The van der Waals surface area contributed by atoms with Gasteiger partial charge in [0.25, 0.3) is 0 Å². The predicted molar refractivity (Wildman–Crippen MR) is 121 cm³/mol. The van der Waals surface area contributed by atoms with Crippen LogP contribution in [0, 0.1) is 11.3 Å². The number of hydrogen-bond acceptors (Lipinski definition) is 2. The summed E-state index contributed by atoms with van der Waals surface area (Å²) in [4.78, 5) is 15.3. The van der Waals surface area contributed by atoms with Crippen molar-refractivity contribution in [2.75, 3.05) is 0 Å². The Labute approximate surface area is 171 Å². The Bertz CT molecular complexity index is 728. The minimum absolute atomic E-state index is 0.0248. The van der Waals surface area contributed by atoms with Crippen molar-refractivity contribution in [3.8, 4) is 0 Å². The van der Waals surface area contributed by atoms with Crippen LogP contribution < -0.4 is 0 Å². The average Bonchev–Trinajstić information content (AvgIpc) is 2.57. The Morgan fingerprint density at radius 3 is 2.36 bits per heavy atom. The molecule has 1 atom stereocenters. The molecule has 0 saturated heterocycles. The molecule has 0 amide bonds. The molecule has 3 nitrogen and oxygen atoms in total. The van der Waals surface area contributed by atoms with Crippen molar-refractivity contribution in [3.05, 3.63) is 58.7 Å². The number of carboxylic acid groups (broad SMARTS) is 1. The molecule has 0 aromatic carbocycles. The van der Waals surface area contributed by atoms with Crippen LogP contribution in [0.15, 0.2) is 63.7 Å². The van der Waals surface area contributed by atoms with Gasteiger partial charge in [-0.25, -0.2) is 4.79 Å². The number of aliphatic imine (C=N–C) groups is 1. The van der Waals surface area contributed by atoms with Crippen LogP contribution in [0.5, 0.6) is 0 Å². The van der Waals surface area contributed by atoms with Gasteiger partial charge >= 0.3 is 5.97 Å². The second-order valence-corrected chi connectivity index (χ2v) is 8.77. The summed E-state index contributed by atoms with van der Waals surface area (Å²) in [5, 5.41) is 9.14. The van der Waals surface area contributed by atoms with Crippen molar-refractivity contribution in [3.63, 3.8) is 0 Å². The minimum atomic E-state index is -0.885. The summed E-state index contributed by atoms with van der Waals surface area (Å²) in [7, 11) is 0. The number of carbonyl (C=O) groups is 1. The Hall–Kier alpha value is -2.16. The van der Waals surface area contributed by atoms with Crippen LogP contribution in [-0.2, 0) is 4.79 Å². The number of hydrogen-bond donors (Lipinski definition) is 1.